The van der Waals surface area contributed by atoms with E-state index in [0.717, 1.165) is 12.0 Å². The largest absolute Gasteiger partial charge is 0.324 e. The molecular weight excluding hydrogens is 212 g/mol. The molecule has 1 aliphatic rings. The van der Waals surface area contributed by atoms with Gasteiger partial charge in [-0.15, -0.1) is 0 Å². The molecule has 3 heteroatoms. The summed E-state index contributed by atoms with van der Waals surface area (Å²) >= 11 is 0. The standard InChI is InChI=1S/C14H20N2O/c1-5-14(3)13(17)16(4)12(15-14)11-8-6-7-10(2)9-11/h6-9,12,15H,5H2,1-4H3. The molecule has 1 amide bonds. The summed E-state index contributed by atoms with van der Waals surface area (Å²) < 4.78 is 0. The molecule has 0 saturated carbocycles. The Hall–Kier alpha value is -1.35. The zero-order chi connectivity index (χ0) is 12.6. The Balaban J connectivity index is 2.33. The van der Waals surface area contributed by atoms with Gasteiger partial charge in [-0.3, -0.25) is 10.1 Å². The fraction of sp³-hybridized carbons (Fsp3) is 0.500. The number of aryl methyl sites for hydroxylation is 1. The second kappa shape index (κ2) is 4.15. The minimum absolute atomic E-state index is 0.00708. The first-order chi connectivity index (χ1) is 7.98. The predicted molar refractivity (Wildman–Crippen MR) is 68.5 cm³/mol. The summed E-state index contributed by atoms with van der Waals surface area (Å²) in [5.41, 5.74) is 1.94. The lowest BCUT2D eigenvalue weighted by molar-refractivity contribution is -0.131. The Bertz CT molecular complexity index is 444. The van der Waals surface area contributed by atoms with Crippen LogP contribution < -0.4 is 5.32 Å². The maximum absolute atomic E-state index is 12.2. The van der Waals surface area contributed by atoms with Crippen molar-refractivity contribution in [3.63, 3.8) is 0 Å². The normalized spacial score (nSPS) is 28.8. The molecular formula is C14H20N2O. The van der Waals surface area contributed by atoms with Gasteiger partial charge in [0, 0.05) is 7.05 Å². The van der Waals surface area contributed by atoms with Crippen LogP contribution in [0.5, 0.6) is 0 Å². The van der Waals surface area contributed by atoms with Crippen LogP contribution >= 0.6 is 0 Å². The van der Waals surface area contributed by atoms with Gasteiger partial charge in [0.2, 0.25) is 5.91 Å². The van der Waals surface area contributed by atoms with Gasteiger partial charge in [-0.1, -0.05) is 36.8 Å². The lowest BCUT2D eigenvalue weighted by Crippen LogP contribution is -2.42. The van der Waals surface area contributed by atoms with E-state index in [1.165, 1.54) is 5.56 Å². The fourth-order valence-corrected chi connectivity index (χ4v) is 2.37. The zero-order valence-corrected chi connectivity index (χ0v) is 10.9. The minimum atomic E-state index is -0.427. The molecule has 1 saturated heterocycles. The van der Waals surface area contributed by atoms with Crippen LogP contribution in [0.4, 0.5) is 0 Å². The Labute approximate surface area is 103 Å². The number of nitrogens with zero attached hydrogens (tertiary/aromatic N) is 1. The first-order valence-electron chi connectivity index (χ1n) is 6.09. The number of amides is 1. The maximum Gasteiger partial charge on any atom is 0.243 e. The van der Waals surface area contributed by atoms with Gasteiger partial charge >= 0.3 is 0 Å². The van der Waals surface area contributed by atoms with E-state index in [9.17, 15) is 4.79 Å². The third-order valence-corrected chi connectivity index (χ3v) is 3.70. The smallest absolute Gasteiger partial charge is 0.243 e. The van der Waals surface area contributed by atoms with Crippen LogP contribution in [0, 0.1) is 6.92 Å². The molecule has 92 valence electrons. The van der Waals surface area contributed by atoms with Crippen molar-refractivity contribution in [2.45, 2.75) is 38.9 Å². The van der Waals surface area contributed by atoms with Gasteiger partial charge in [0.25, 0.3) is 0 Å². The molecule has 2 unspecified atom stereocenters. The summed E-state index contributed by atoms with van der Waals surface area (Å²) in [7, 11) is 1.86. The van der Waals surface area contributed by atoms with E-state index in [1.807, 2.05) is 27.0 Å². The van der Waals surface area contributed by atoms with Crippen LogP contribution in [0.1, 0.15) is 37.6 Å². The molecule has 1 N–H and O–H groups in total. The molecule has 1 aromatic rings. The van der Waals surface area contributed by atoms with E-state index >= 15 is 0 Å². The predicted octanol–water partition coefficient (Wildman–Crippen LogP) is 2.22. The van der Waals surface area contributed by atoms with Crippen molar-refractivity contribution in [1.29, 1.82) is 0 Å². The van der Waals surface area contributed by atoms with Crippen LogP contribution in [0.2, 0.25) is 0 Å². The lowest BCUT2D eigenvalue weighted by Gasteiger charge is -2.20. The fourth-order valence-electron chi connectivity index (χ4n) is 2.37. The van der Waals surface area contributed by atoms with Gasteiger partial charge in [-0.25, -0.2) is 0 Å². The molecule has 0 bridgehead atoms. The number of benzene rings is 1. The molecule has 1 aromatic carbocycles. The number of rotatable bonds is 2. The summed E-state index contributed by atoms with van der Waals surface area (Å²) in [6.45, 7) is 6.08. The van der Waals surface area contributed by atoms with E-state index in [2.05, 4.69) is 30.4 Å². The van der Waals surface area contributed by atoms with E-state index in [-0.39, 0.29) is 12.1 Å². The minimum Gasteiger partial charge on any atom is -0.324 e. The Morgan fingerprint density at radius 2 is 2.18 bits per heavy atom. The summed E-state index contributed by atoms with van der Waals surface area (Å²) in [6, 6.07) is 8.30. The molecule has 0 aliphatic carbocycles. The molecule has 1 heterocycles. The number of nitrogens with one attached hydrogen (secondary N) is 1. The van der Waals surface area contributed by atoms with Gasteiger partial charge in [0.15, 0.2) is 0 Å². The van der Waals surface area contributed by atoms with Crippen molar-refractivity contribution in [3.8, 4) is 0 Å². The monoisotopic (exact) mass is 232 g/mol. The highest BCUT2D eigenvalue weighted by Crippen LogP contribution is 2.31. The lowest BCUT2D eigenvalue weighted by atomic mass is 9.99. The van der Waals surface area contributed by atoms with Crippen molar-refractivity contribution in [1.82, 2.24) is 10.2 Å². The second-order valence-corrected chi connectivity index (χ2v) is 5.06. The molecule has 3 nitrogen and oxygen atoms in total. The average molecular weight is 232 g/mol. The maximum atomic E-state index is 12.2. The number of carbonyl (C=O) groups is 1. The second-order valence-electron chi connectivity index (χ2n) is 5.06. The van der Waals surface area contributed by atoms with E-state index in [1.54, 1.807) is 4.90 Å². The van der Waals surface area contributed by atoms with Gasteiger partial charge < -0.3 is 4.90 Å². The molecule has 17 heavy (non-hydrogen) atoms. The molecule has 0 radical (unpaired) electrons. The topological polar surface area (TPSA) is 32.3 Å². The van der Waals surface area contributed by atoms with E-state index < -0.39 is 5.54 Å². The van der Waals surface area contributed by atoms with Gasteiger partial charge in [-0.05, 0) is 25.8 Å². The van der Waals surface area contributed by atoms with E-state index in [0.29, 0.717) is 0 Å². The number of carbonyl (C=O) groups excluding carboxylic acids is 1. The quantitative estimate of drug-likeness (QED) is 0.848. The van der Waals surface area contributed by atoms with Crippen LogP contribution in [-0.4, -0.2) is 23.4 Å². The van der Waals surface area contributed by atoms with Crippen molar-refractivity contribution >= 4 is 5.91 Å². The van der Waals surface area contributed by atoms with Crippen LogP contribution in [0.25, 0.3) is 0 Å². The molecule has 0 aromatic heterocycles. The van der Waals surface area contributed by atoms with Crippen molar-refractivity contribution in [2.24, 2.45) is 0 Å². The van der Waals surface area contributed by atoms with Gasteiger partial charge in [0.05, 0.1) is 5.54 Å². The molecule has 1 aliphatic heterocycles. The first kappa shape index (κ1) is 12.1. The van der Waals surface area contributed by atoms with Crippen LogP contribution in [0.15, 0.2) is 24.3 Å². The third-order valence-electron chi connectivity index (χ3n) is 3.70. The molecule has 2 rings (SSSR count). The molecule has 1 fully saturated rings. The highest BCUT2D eigenvalue weighted by molar-refractivity contribution is 5.88. The van der Waals surface area contributed by atoms with Crippen LogP contribution in [0.3, 0.4) is 0 Å². The number of likely N-dealkylation sites (N-methyl/N-ethyl adjacent to an activating group) is 1. The van der Waals surface area contributed by atoms with Crippen LogP contribution in [-0.2, 0) is 4.79 Å². The number of hydrogen-bond acceptors (Lipinski definition) is 2. The SMILES string of the molecule is CCC1(C)NC(c2cccc(C)c2)N(C)C1=O. The van der Waals surface area contributed by atoms with Crippen molar-refractivity contribution in [2.75, 3.05) is 7.05 Å². The van der Waals surface area contributed by atoms with Gasteiger partial charge in [0.1, 0.15) is 6.17 Å². The Morgan fingerprint density at radius 3 is 2.71 bits per heavy atom. The van der Waals surface area contributed by atoms with Crippen molar-refractivity contribution < 1.29 is 4.79 Å². The number of hydrogen-bond donors (Lipinski definition) is 1. The third kappa shape index (κ3) is 1.95. The Kier molecular flexibility index (Phi) is 2.96. The molecule has 0 spiro atoms. The highest BCUT2D eigenvalue weighted by Gasteiger charge is 2.45. The van der Waals surface area contributed by atoms with Gasteiger partial charge in [-0.2, -0.15) is 0 Å². The summed E-state index contributed by atoms with van der Waals surface area (Å²) in [5.74, 6) is 0.173. The zero-order valence-electron chi connectivity index (χ0n) is 10.9. The highest BCUT2D eigenvalue weighted by atomic mass is 16.2. The van der Waals surface area contributed by atoms with E-state index in [4.69, 9.17) is 0 Å². The average Bonchev–Trinajstić information content (AvgIpc) is 2.55. The first-order valence-corrected chi connectivity index (χ1v) is 6.09. The summed E-state index contributed by atoms with van der Waals surface area (Å²) in [6.07, 6.45) is 0.797. The Morgan fingerprint density at radius 1 is 1.47 bits per heavy atom. The summed E-state index contributed by atoms with van der Waals surface area (Å²) in [4.78, 5) is 14.0. The van der Waals surface area contributed by atoms with Crippen molar-refractivity contribution in [3.05, 3.63) is 35.4 Å². The summed E-state index contributed by atoms with van der Waals surface area (Å²) in [5, 5.41) is 3.44. The molecule has 2 atom stereocenters.